The second-order valence-corrected chi connectivity index (χ2v) is 4.86. The van der Waals surface area contributed by atoms with Gasteiger partial charge in [0.1, 0.15) is 23.1 Å². The van der Waals surface area contributed by atoms with E-state index in [2.05, 4.69) is 5.32 Å². The van der Waals surface area contributed by atoms with Crippen LogP contribution in [0.4, 0.5) is 4.39 Å². The van der Waals surface area contributed by atoms with Gasteiger partial charge < -0.3 is 14.2 Å². The summed E-state index contributed by atoms with van der Waals surface area (Å²) in [5, 5.41) is 3.23. The van der Waals surface area contributed by atoms with Gasteiger partial charge in [-0.05, 0) is 42.8 Å². The predicted octanol–water partition coefficient (Wildman–Crippen LogP) is 4.28. The highest BCUT2D eigenvalue weighted by molar-refractivity contribution is 5.62. The Kier molecular flexibility index (Phi) is 3.88. The molecule has 3 rings (SSSR count). The molecule has 0 aliphatic carbocycles. The molecule has 0 aliphatic heterocycles. The van der Waals surface area contributed by atoms with Gasteiger partial charge in [-0.3, -0.25) is 0 Å². The SMILES string of the molecule is Cc1c(F)cccc1-c1ccc(CNCc2ccco2)o1. The fourth-order valence-electron chi connectivity index (χ4n) is 2.21. The van der Waals surface area contributed by atoms with E-state index in [1.807, 2.05) is 30.3 Å². The monoisotopic (exact) mass is 285 g/mol. The van der Waals surface area contributed by atoms with Gasteiger partial charge in [0.2, 0.25) is 0 Å². The minimum atomic E-state index is -0.221. The Morgan fingerprint density at radius 2 is 1.86 bits per heavy atom. The largest absolute Gasteiger partial charge is 0.468 e. The van der Waals surface area contributed by atoms with E-state index < -0.39 is 0 Å². The molecule has 2 aromatic heterocycles. The summed E-state index contributed by atoms with van der Waals surface area (Å²) >= 11 is 0. The lowest BCUT2D eigenvalue weighted by atomic mass is 10.1. The maximum atomic E-state index is 13.6. The second-order valence-electron chi connectivity index (χ2n) is 4.86. The summed E-state index contributed by atoms with van der Waals surface area (Å²) in [6, 6.07) is 12.5. The van der Waals surface area contributed by atoms with Crippen molar-refractivity contribution in [3.8, 4) is 11.3 Å². The van der Waals surface area contributed by atoms with E-state index in [1.54, 1.807) is 19.3 Å². The smallest absolute Gasteiger partial charge is 0.134 e. The van der Waals surface area contributed by atoms with Crippen LogP contribution in [0.3, 0.4) is 0 Å². The Morgan fingerprint density at radius 1 is 1.00 bits per heavy atom. The summed E-state index contributed by atoms with van der Waals surface area (Å²) in [6.45, 7) is 2.99. The van der Waals surface area contributed by atoms with E-state index in [4.69, 9.17) is 8.83 Å². The molecule has 0 spiro atoms. The Labute approximate surface area is 122 Å². The van der Waals surface area contributed by atoms with Gasteiger partial charge in [-0.2, -0.15) is 0 Å². The normalized spacial score (nSPS) is 11.0. The zero-order valence-corrected chi connectivity index (χ0v) is 11.7. The summed E-state index contributed by atoms with van der Waals surface area (Å²) < 4.78 is 24.6. The van der Waals surface area contributed by atoms with Crippen LogP contribution in [0.25, 0.3) is 11.3 Å². The van der Waals surface area contributed by atoms with E-state index in [-0.39, 0.29) is 5.82 Å². The van der Waals surface area contributed by atoms with Crippen molar-refractivity contribution in [2.24, 2.45) is 0 Å². The van der Waals surface area contributed by atoms with Crippen LogP contribution in [0.1, 0.15) is 17.1 Å². The first kappa shape index (κ1) is 13.6. The van der Waals surface area contributed by atoms with Crippen molar-refractivity contribution in [2.45, 2.75) is 20.0 Å². The van der Waals surface area contributed by atoms with Gasteiger partial charge in [-0.15, -0.1) is 0 Å². The summed E-state index contributed by atoms with van der Waals surface area (Å²) in [6.07, 6.45) is 1.65. The van der Waals surface area contributed by atoms with Crippen LogP contribution in [0.2, 0.25) is 0 Å². The van der Waals surface area contributed by atoms with Crippen molar-refractivity contribution in [3.05, 3.63) is 71.6 Å². The molecule has 0 saturated carbocycles. The maximum Gasteiger partial charge on any atom is 0.134 e. The van der Waals surface area contributed by atoms with Crippen LogP contribution in [0.5, 0.6) is 0 Å². The Bertz CT molecular complexity index is 716. The van der Waals surface area contributed by atoms with Crippen molar-refractivity contribution >= 4 is 0 Å². The van der Waals surface area contributed by atoms with Gasteiger partial charge >= 0.3 is 0 Å². The van der Waals surface area contributed by atoms with Crippen molar-refractivity contribution in [1.29, 1.82) is 0 Å². The second kappa shape index (κ2) is 5.97. The highest BCUT2D eigenvalue weighted by Crippen LogP contribution is 2.26. The van der Waals surface area contributed by atoms with E-state index >= 15 is 0 Å². The van der Waals surface area contributed by atoms with Gasteiger partial charge in [0.15, 0.2) is 0 Å². The highest BCUT2D eigenvalue weighted by atomic mass is 19.1. The molecule has 0 unspecified atom stereocenters. The predicted molar refractivity (Wildman–Crippen MR) is 78.1 cm³/mol. The third-order valence-electron chi connectivity index (χ3n) is 3.37. The average Bonchev–Trinajstić information content (AvgIpc) is 3.14. The molecule has 2 heterocycles. The highest BCUT2D eigenvalue weighted by Gasteiger charge is 2.10. The maximum absolute atomic E-state index is 13.6. The molecule has 0 saturated heterocycles. The fourth-order valence-corrected chi connectivity index (χ4v) is 2.21. The van der Waals surface area contributed by atoms with Crippen LogP contribution < -0.4 is 5.32 Å². The Hall–Kier alpha value is -2.33. The lowest BCUT2D eigenvalue weighted by Gasteiger charge is -2.04. The molecule has 0 amide bonds. The zero-order valence-electron chi connectivity index (χ0n) is 11.7. The minimum absolute atomic E-state index is 0.221. The number of nitrogens with one attached hydrogen (secondary N) is 1. The third-order valence-corrected chi connectivity index (χ3v) is 3.37. The summed E-state index contributed by atoms with van der Waals surface area (Å²) in [4.78, 5) is 0. The van der Waals surface area contributed by atoms with E-state index in [9.17, 15) is 4.39 Å². The number of furan rings is 2. The van der Waals surface area contributed by atoms with E-state index in [1.165, 1.54) is 6.07 Å². The van der Waals surface area contributed by atoms with E-state index in [0.29, 0.717) is 24.4 Å². The summed E-state index contributed by atoms with van der Waals surface area (Å²) in [7, 11) is 0. The number of hydrogen-bond acceptors (Lipinski definition) is 3. The molecule has 0 radical (unpaired) electrons. The lowest BCUT2D eigenvalue weighted by Crippen LogP contribution is -2.11. The van der Waals surface area contributed by atoms with Crippen LogP contribution in [-0.2, 0) is 13.1 Å². The van der Waals surface area contributed by atoms with Crippen LogP contribution in [0.15, 0.2) is 57.6 Å². The lowest BCUT2D eigenvalue weighted by molar-refractivity contribution is 0.455. The van der Waals surface area contributed by atoms with Crippen LogP contribution >= 0.6 is 0 Å². The average molecular weight is 285 g/mol. The zero-order chi connectivity index (χ0) is 14.7. The van der Waals surface area contributed by atoms with Crippen molar-refractivity contribution in [1.82, 2.24) is 5.32 Å². The van der Waals surface area contributed by atoms with Crippen molar-refractivity contribution in [3.63, 3.8) is 0 Å². The van der Waals surface area contributed by atoms with Crippen LogP contribution in [-0.4, -0.2) is 0 Å². The number of benzene rings is 1. The Morgan fingerprint density at radius 3 is 2.67 bits per heavy atom. The third kappa shape index (κ3) is 3.06. The van der Waals surface area contributed by atoms with Gasteiger partial charge in [0.05, 0.1) is 19.4 Å². The molecule has 0 fully saturated rings. The van der Waals surface area contributed by atoms with Crippen molar-refractivity contribution in [2.75, 3.05) is 0 Å². The molecule has 1 N–H and O–H groups in total. The molecule has 0 atom stereocenters. The summed E-state index contributed by atoms with van der Waals surface area (Å²) in [5.41, 5.74) is 1.38. The van der Waals surface area contributed by atoms with Gasteiger partial charge in [-0.1, -0.05) is 12.1 Å². The molecule has 21 heavy (non-hydrogen) atoms. The van der Waals surface area contributed by atoms with Gasteiger partial charge in [-0.25, -0.2) is 4.39 Å². The molecule has 1 aromatic carbocycles. The molecular weight excluding hydrogens is 269 g/mol. The first-order valence-corrected chi connectivity index (χ1v) is 6.81. The molecule has 0 bridgehead atoms. The number of hydrogen-bond donors (Lipinski definition) is 1. The molecule has 3 aromatic rings. The first-order valence-electron chi connectivity index (χ1n) is 6.81. The molecule has 4 heteroatoms. The quantitative estimate of drug-likeness (QED) is 0.760. The van der Waals surface area contributed by atoms with Gasteiger partial charge in [0, 0.05) is 5.56 Å². The Balaban J connectivity index is 1.67. The molecule has 108 valence electrons. The first-order chi connectivity index (χ1) is 10.2. The molecular formula is C17H16FNO2. The molecule has 3 nitrogen and oxygen atoms in total. The summed E-state index contributed by atoms with van der Waals surface area (Å²) in [5.74, 6) is 2.14. The number of halogens is 1. The van der Waals surface area contributed by atoms with E-state index in [0.717, 1.165) is 17.1 Å². The van der Waals surface area contributed by atoms with Crippen LogP contribution in [0, 0.1) is 12.7 Å². The fraction of sp³-hybridized carbons (Fsp3) is 0.176. The number of rotatable bonds is 5. The minimum Gasteiger partial charge on any atom is -0.468 e. The van der Waals surface area contributed by atoms with Gasteiger partial charge in [0.25, 0.3) is 0 Å². The standard InChI is InChI=1S/C17H16FNO2/c1-12-15(5-2-6-16(12)18)17-8-7-14(21-17)11-19-10-13-4-3-9-20-13/h2-9,19H,10-11H2,1H3. The van der Waals surface area contributed by atoms with Crippen molar-refractivity contribution < 1.29 is 13.2 Å². The molecule has 0 aliphatic rings. The topological polar surface area (TPSA) is 38.3 Å².